The molecule has 0 radical (unpaired) electrons. The third-order valence-electron chi connectivity index (χ3n) is 7.32. The lowest BCUT2D eigenvalue weighted by molar-refractivity contribution is -0.158. The Morgan fingerprint density at radius 1 is 0.465 bits per heavy atom. The molecule has 9 nitrogen and oxygen atoms in total. The zero-order valence-corrected chi connectivity index (χ0v) is 29.2. The largest absolute Gasteiger partial charge is 0.463 e. The van der Waals surface area contributed by atoms with E-state index in [9.17, 15) is 9.59 Å². The van der Waals surface area contributed by atoms with Crippen LogP contribution >= 0.6 is 0 Å². The van der Waals surface area contributed by atoms with Crippen LogP contribution in [0.3, 0.4) is 0 Å². The first kappa shape index (κ1) is 41.7. The van der Waals surface area contributed by atoms with Crippen molar-refractivity contribution in [1.82, 2.24) is 0 Å². The normalized spacial score (nSPS) is 17.3. The number of esters is 2. The van der Waals surface area contributed by atoms with E-state index >= 15 is 0 Å². The Morgan fingerprint density at radius 2 is 0.791 bits per heavy atom. The molecule has 43 heavy (non-hydrogen) atoms. The fourth-order valence-electron chi connectivity index (χ4n) is 4.26. The van der Waals surface area contributed by atoms with Crippen LogP contribution < -0.4 is 0 Å². The molecule has 0 aliphatic heterocycles. The third-order valence-corrected chi connectivity index (χ3v) is 7.32. The van der Waals surface area contributed by atoms with Crippen LogP contribution in [0.2, 0.25) is 0 Å². The van der Waals surface area contributed by atoms with Crippen molar-refractivity contribution in [2.24, 2.45) is 11.8 Å². The predicted octanol–water partition coefficient (Wildman–Crippen LogP) is 6.92. The molecule has 0 amide bonds. The molecule has 0 spiro atoms. The van der Waals surface area contributed by atoms with Gasteiger partial charge in [0.05, 0.1) is 75.4 Å². The van der Waals surface area contributed by atoms with Gasteiger partial charge in [0.2, 0.25) is 0 Å². The maximum Gasteiger partial charge on any atom is 0.309 e. The Bertz CT molecular complexity index is 689. The summed E-state index contributed by atoms with van der Waals surface area (Å²) < 4.78 is 40.4. The lowest BCUT2D eigenvalue weighted by atomic mass is 10.00. The Kier molecular flexibility index (Phi) is 25.2. The van der Waals surface area contributed by atoms with Crippen molar-refractivity contribution in [3.8, 4) is 0 Å². The lowest BCUT2D eigenvalue weighted by Crippen LogP contribution is -2.30. The summed E-state index contributed by atoms with van der Waals surface area (Å²) in [4.78, 5) is 24.6. The van der Waals surface area contributed by atoms with Gasteiger partial charge in [0.1, 0.15) is 12.7 Å². The van der Waals surface area contributed by atoms with Crippen LogP contribution in [-0.4, -0.2) is 88.2 Å². The molecule has 9 heteroatoms. The third kappa shape index (κ3) is 22.0. The van der Waals surface area contributed by atoms with Gasteiger partial charge in [-0.25, -0.2) is 0 Å². The van der Waals surface area contributed by atoms with E-state index in [2.05, 4.69) is 13.8 Å². The summed E-state index contributed by atoms with van der Waals surface area (Å²) in [5, 5.41) is 0. The molecule has 0 saturated heterocycles. The second-order valence-corrected chi connectivity index (χ2v) is 12.1. The monoisotopic (exact) mass is 618 g/mol. The molecule has 0 aromatic rings. The van der Waals surface area contributed by atoms with Gasteiger partial charge in [-0.2, -0.15) is 0 Å². The second kappa shape index (κ2) is 26.0. The number of rotatable bonds is 28. The van der Waals surface area contributed by atoms with Crippen LogP contribution in [0.1, 0.15) is 121 Å². The molecule has 0 fully saturated rings. The van der Waals surface area contributed by atoms with Crippen LogP contribution in [0.15, 0.2) is 0 Å². The molecule has 0 aliphatic carbocycles. The van der Waals surface area contributed by atoms with E-state index in [-0.39, 0.29) is 67.0 Å². The van der Waals surface area contributed by atoms with E-state index in [1.54, 1.807) is 0 Å². The van der Waals surface area contributed by atoms with Gasteiger partial charge in [-0.1, -0.05) is 53.4 Å². The minimum absolute atomic E-state index is 0.0266. The van der Waals surface area contributed by atoms with Crippen LogP contribution in [0.25, 0.3) is 0 Å². The Labute approximate surface area is 263 Å². The molecule has 0 aromatic carbocycles. The maximum atomic E-state index is 12.4. The minimum Gasteiger partial charge on any atom is -0.463 e. The smallest absolute Gasteiger partial charge is 0.309 e. The van der Waals surface area contributed by atoms with E-state index in [0.29, 0.717) is 33.0 Å². The topological polar surface area (TPSA) is 98.8 Å². The number of carbonyl (C=O) groups excluding carboxylic acids is 2. The Hall–Kier alpha value is -1.26. The van der Waals surface area contributed by atoms with Gasteiger partial charge in [0.25, 0.3) is 0 Å². The summed E-state index contributed by atoms with van der Waals surface area (Å²) in [5.41, 5.74) is 0. The van der Waals surface area contributed by atoms with Crippen molar-refractivity contribution >= 4 is 11.9 Å². The van der Waals surface area contributed by atoms with Crippen molar-refractivity contribution in [3.63, 3.8) is 0 Å². The number of hydrogen-bond acceptors (Lipinski definition) is 9. The summed E-state index contributed by atoms with van der Waals surface area (Å²) in [5.74, 6) is -0.315. The van der Waals surface area contributed by atoms with Crippen LogP contribution in [0.4, 0.5) is 0 Å². The molecule has 0 aromatic heterocycles. The highest BCUT2D eigenvalue weighted by molar-refractivity contribution is 5.72. The van der Waals surface area contributed by atoms with Crippen molar-refractivity contribution in [3.05, 3.63) is 0 Å². The quantitative estimate of drug-likeness (QED) is 0.0865. The van der Waals surface area contributed by atoms with Gasteiger partial charge in [-0.05, 0) is 67.2 Å². The Balaban J connectivity index is 4.06. The van der Waals surface area contributed by atoms with Gasteiger partial charge >= 0.3 is 11.9 Å². The van der Waals surface area contributed by atoms with Gasteiger partial charge in [-0.3, -0.25) is 9.59 Å². The summed E-state index contributed by atoms with van der Waals surface area (Å²) in [7, 11) is 0. The molecule has 8 unspecified atom stereocenters. The molecule has 0 bridgehead atoms. The van der Waals surface area contributed by atoms with Crippen molar-refractivity contribution in [1.29, 1.82) is 0 Å². The first-order valence-corrected chi connectivity index (χ1v) is 16.9. The SMILES string of the molecule is CCCCC(CC)C(=O)OCC(C)OCC(C)OCC(C)OCC(C)OCC(C)OCC(C)OC(=O)C(CC)CCCC. The predicted molar refractivity (Wildman–Crippen MR) is 170 cm³/mol. The molecule has 8 atom stereocenters. The highest BCUT2D eigenvalue weighted by atomic mass is 16.6. The average molecular weight is 619 g/mol. The molecule has 0 heterocycles. The van der Waals surface area contributed by atoms with Gasteiger partial charge < -0.3 is 33.2 Å². The maximum absolute atomic E-state index is 12.4. The van der Waals surface area contributed by atoms with E-state index in [1.165, 1.54) is 0 Å². The average Bonchev–Trinajstić information content (AvgIpc) is 2.99. The van der Waals surface area contributed by atoms with Crippen LogP contribution in [0, 0.1) is 11.8 Å². The second-order valence-electron chi connectivity index (χ2n) is 12.1. The van der Waals surface area contributed by atoms with E-state index < -0.39 is 0 Å². The molecule has 256 valence electrons. The first-order chi connectivity index (χ1) is 20.5. The fourth-order valence-corrected chi connectivity index (χ4v) is 4.26. The van der Waals surface area contributed by atoms with E-state index in [1.807, 2.05) is 55.4 Å². The molecule has 0 rings (SSSR count). The fraction of sp³-hybridized carbons (Fsp3) is 0.941. The molecule has 0 aliphatic rings. The molecular weight excluding hydrogens is 552 g/mol. The summed E-state index contributed by atoms with van der Waals surface area (Å²) in [6.45, 7) is 22.2. The minimum atomic E-state index is -0.297. The highest BCUT2D eigenvalue weighted by Crippen LogP contribution is 2.16. The van der Waals surface area contributed by atoms with E-state index in [4.69, 9.17) is 33.2 Å². The number of carbonyl (C=O) groups is 2. The molecular formula is C34H66O9. The van der Waals surface area contributed by atoms with Crippen LogP contribution in [-0.2, 0) is 42.7 Å². The lowest BCUT2D eigenvalue weighted by Gasteiger charge is -2.23. The zero-order chi connectivity index (χ0) is 32.6. The van der Waals surface area contributed by atoms with Gasteiger partial charge in [-0.15, -0.1) is 0 Å². The number of unbranched alkanes of at least 4 members (excludes halogenated alkanes) is 2. The number of ether oxygens (including phenoxy) is 7. The van der Waals surface area contributed by atoms with Crippen molar-refractivity contribution in [2.75, 3.05) is 39.6 Å². The van der Waals surface area contributed by atoms with Gasteiger partial charge in [0, 0.05) is 0 Å². The van der Waals surface area contributed by atoms with E-state index in [0.717, 1.165) is 51.4 Å². The first-order valence-electron chi connectivity index (χ1n) is 16.9. The zero-order valence-electron chi connectivity index (χ0n) is 29.2. The van der Waals surface area contributed by atoms with Crippen molar-refractivity contribution < 1.29 is 42.7 Å². The van der Waals surface area contributed by atoms with Crippen molar-refractivity contribution in [2.45, 2.75) is 157 Å². The standard InChI is InChI=1S/C34H66O9/c1-11-15-17-31(13-3)33(35)42-23-29(9)40-21-27(7)38-19-25(5)37-20-26(6)39-22-28(8)41-24-30(10)43-34(36)32(14-4)18-16-12-2/h25-32H,11-24H2,1-10H3. The van der Waals surface area contributed by atoms with Gasteiger partial charge in [0.15, 0.2) is 0 Å². The Morgan fingerprint density at radius 3 is 1.14 bits per heavy atom. The number of hydrogen-bond donors (Lipinski definition) is 0. The van der Waals surface area contributed by atoms with Crippen LogP contribution in [0.5, 0.6) is 0 Å². The summed E-state index contributed by atoms with van der Waals surface area (Å²) in [6.07, 6.45) is 6.63. The highest BCUT2D eigenvalue weighted by Gasteiger charge is 2.21. The molecule has 0 saturated carbocycles. The summed E-state index contributed by atoms with van der Waals surface area (Å²) in [6, 6.07) is 0. The summed E-state index contributed by atoms with van der Waals surface area (Å²) >= 11 is 0. The molecule has 0 N–H and O–H groups in total.